The molecule has 0 unspecified atom stereocenters. The summed E-state index contributed by atoms with van der Waals surface area (Å²) in [6.07, 6.45) is 1.76. The highest BCUT2D eigenvalue weighted by Crippen LogP contribution is 2.30. The molecule has 1 aliphatic rings. The van der Waals surface area contributed by atoms with Gasteiger partial charge in [-0.05, 0) is 23.8 Å². The maximum atomic E-state index is 11.6. The van der Waals surface area contributed by atoms with Crippen molar-refractivity contribution < 1.29 is 14.6 Å². The fraction of sp³-hybridized carbons (Fsp3) is 0.167. The summed E-state index contributed by atoms with van der Waals surface area (Å²) in [4.78, 5) is 12.1. The maximum Gasteiger partial charge on any atom is 0.263 e. The fourth-order valence-corrected chi connectivity index (χ4v) is 2.95. The number of aliphatic hydroxyl groups excluding tert-OH is 1. The van der Waals surface area contributed by atoms with Crippen LogP contribution in [0.5, 0.6) is 5.75 Å². The maximum absolute atomic E-state index is 11.6. The second kappa shape index (κ2) is 6.51. The van der Waals surface area contributed by atoms with E-state index >= 15 is 0 Å². The summed E-state index contributed by atoms with van der Waals surface area (Å²) < 4.78 is 6.57. The number of hydrogen-bond acceptors (Lipinski definition) is 5. The van der Waals surface area contributed by atoms with Crippen molar-refractivity contribution in [2.45, 2.75) is 0 Å². The average Bonchev–Trinajstić information content (AvgIpc) is 2.68. The van der Waals surface area contributed by atoms with Gasteiger partial charge in [-0.1, -0.05) is 46.0 Å². The van der Waals surface area contributed by atoms with Crippen LogP contribution in [0.3, 0.4) is 0 Å². The van der Waals surface area contributed by atoms with Gasteiger partial charge in [0.15, 0.2) is 0 Å². The van der Waals surface area contributed by atoms with Crippen LogP contribution in [0.4, 0.5) is 0 Å². The Bertz CT molecular complexity index is 560. The van der Waals surface area contributed by atoms with Crippen LogP contribution in [0.15, 0.2) is 27.6 Å². The largest absolute Gasteiger partial charge is 0.491 e. The monoisotopic (exact) mass is 359 g/mol. The number of carbonyl (C=O) groups excluding carboxylic acids is 1. The molecule has 0 aromatic heterocycles. The topological polar surface area (TPSA) is 58.6 Å². The van der Waals surface area contributed by atoms with Crippen LogP contribution in [-0.2, 0) is 4.79 Å². The van der Waals surface area contributed by atoms with Gasteiger partial charge in [-0.3, -0.25) is 4.79 Å². The minimum absolute atomic E-state index is 0.0301. The minimum atomic E-state index is -0.178. The van der Waals surface area contributed by atoms with Gasteiger partial charge in [-0.2, -0.15) is 0 Å². The molecule has 1 aromatic rings. The van der Waals surface area contributed by atoms with E-state index in [0.717, 1.165) is 10.0 Å². The summed E-state index contributed by atoms with van der Waals surface area (Å²) in [5.74, 6) is 0.477. The normalized spacial score (nSPS) is 16.8. The molecular formula is C12H10BrNO3S2. The van der Waals surface area contributed by atoms with E-state index in [1.165, 1.54) is 11.8 Å². The van der Waals surface area contributed by atoms with E-state index in [9.17, 15) is 4.79 Å². The molecule has 0 spiro atoms. The summed E-state index contributed by atoms with van der Waals surface area (Å²) in [7, 11) is 0. The summed E-state index contributed by atoms with van der Waals surface area (Å²) in [6.45, 7) is 0.219. The first-order valence-electron chi connectivity index (χ1n) is 5.38. The summed E-state index contributed by atoms with van der Waals surface area (Å²) in [5, 5.41) is 11.3. The van der Waals surface area contributed by atoms with Gasteiger partial charge < -0.3 is 15.2 Å². The number of benzene rings is 1. The van der Waals surface area contributed by atoms with Gasteiger partial charge >= 0.3 is 0 Å². The van der Waals surface area contributed by atoms with Crippen LogP contribution < -0.4 is 10.1 Å². The van der Waals surface area contributed by atoms with Crippen LogP contribution in [0.1, 0.15) is 5.56 Å². The van der Waals surface area contributed by atoms with E-state index in [1.807, 2.05) is 6.07 Å². The van der Waals surface area contributed by atoms with E-state index < -0.39 is 0 Å². The third-order valence-corrected chi connectivity index (χ3v) is 4.11. The number of thiocarbonyl (C=S) groups is 1. The number of nitrogens with one attached hydrogen (secondary N) is 1. The van der Waals surface area contributed by atoms with E-state index in [4.69, 9.17) is 22.1 Å². The van der Waals surface area contributed by atoms with Gasteiger partial charge in [0.2, 0.25) is 0 Å². The Hall–Kier alpha value is -0.890. The third kappa shape index (κ3) is 3.79. The molecule has 2 N–H and O–H groups in total. The standard InChI is InChI=1S/C12H10BrNO3S2/c13-9-6-8(17-4-3-15)2-1-7(9)5-10-11(16)14-12(18)19-10/h1-2,5-6,15H,3-4H2,(H,14,16,18). The first kappa shape index (κ1) is 14.5. The van der Waals surface area contributed by atoms with Crippen molar-refractivity contribution in [3.63, 3.8) is 0 Å². The molecule has 0 saturated carbocycles. The third-order valence-electron chi connectivity index (χ3n) is 2.26. The number of halogens is 1. The van der Waals surface area contributed by atoms with Crippen molar-refractivity contribution in [3.05, 3.63) is 33.1 Å². The fourth-order valence-electron chi connectivity index (χ4n) is 1.44. The van der Waals surface area contributed by atoms with Crippen molar-refractivity contribution in [1.29, 1.82) is 0 Å². The lowest BCUT2D eigenvalue weighted by Crippen LogP contribution is -2.17. The Labute approximate surface area is 128 Å². The van der Waals surface area contributed by atoms with Crippen molar-refractivity contribution in [2.75, 3.05) is 13.2 Å². The predicted octanol–water partition coefficient (Wildman–Crippen LogP) is 2.31. The molecule has 0 atom stereocenters. The SMILES string of the molecule is O=C1NC(=S)SC1=Cc1ccc(OCCO)cc1Br. The van der Waals surface area contributed by atoms with Gasteiger partial charge in [0.1, 0.15) is 16.7 Å². The number of amides is 1. The molecule has 0 aliphatic carbocycles. The first-order valence-corrected chi connectivity index (χ1v) is 7.40. The Morgan fingerprint density at radius 3 is 2.89 bits per heavy atom. The Morgan fingerprint density at radius 2 is 2.32 bits per heavy atom. The number of carbonyl (C=O) groups is 1. The Kier molecular flexibility index (Phi) is 4.98. The lowest BCUT2D eigenvalue weighted by Gasteiger charge is -2.06. The molecular weight excluding hydrogens is 350 g/mol. The summed E-state index contributed by atoms with van der Waals surface area (Å²) in [5.41, 5.74) is 0.860. The zero-order chi connectivity index (χ0) is 13.8. The summed E-state index contributed by atoms with van der Waals surface area (Å²) >= 11 is 9.59. The molecule has 1 heterocycles. The molecule has 7 heteroatoms. The molecule has 1 aliphatic heterocycles. The number of rotatable bonds is 4. The number of hydrogen-bond donors (Lipinski definition) is 2. The molecule has 1 saturated heterocycles. The average molecular weight is 360 g/mol. The van der Waals surface area contributed by atoms with E-state index in [2.05, 4.69) is 21.2 Å². The van der Waals surface area contributed by atoms with Gasteiger partial charge in [0, 0.05) is 4.47 Å². The van der Waals surface area contributed by atoms with E-state index in [0.29, 0.717) is 15.0 Å². The zero-order valence-corrected chi connectivity index (χ0v) is 12.9. The van der Waals surface area contributed by atoms with Crippen molar-refractivity contribution in [1.82, 2.24) is 5.32 Å². The summed E-state index contributed by atoms with van der Waals surface area (Å²) in [6, 6.07) is 5.40. The van der Waals surface area contributed by atoms with E-state index in [1.54, 1.807) is 18.2 Å². The highest BCUT2D eigenvalue weighted by atomic mass is 79.9. The van der Waals surface area contributed by atoms with Crippen molar-refractivity contribution >= 4 is 56.2 Å². The van der Waals surface area contributed by atoms with Crippen LogP contribution >= 0.6 is 39.9 Å². The molecule has 1 fully saturated rings. The molecule has 19 heavy (non-hydrogen) atoms. The Balaban J connectivity index is 2.19. The number of ether oxygens (including phenoxy) is 1. The van der Waals surface area contributed by atoms with E-state index in [-0.39, 0.29) is 19.1 Å². The smallest absolute Gasteiger partial charge is 0.263 e. The molecule has 1 amide bonds. The highest BCUT2D eigenvalue weighted by Gasteiger charge is 2.22. The van der Waals surface area contributed by atoms with Crippen molar-refractivity contribution in [2.24, 2.45) is 0 Å². The zero-order valence-electron chi connectivity index (χ0n) is 9.68. The second-order valence-corrected chi connectivity index (χ2v) is 6.18. The van der Waals surface area contributed by atoms with Gasteiger partial charge in [-0.15, -0.1) is 0 Å². The number of aliphatic hydroxyl groups is 1. The highest BCUT2D eigenvalue weighted by molar-refractivity contribution is 9.10. The van der Waals surface area contributed by atoms with Gasteiger partial charge in [0.25, 0.3) is 5.91 Å². The molecule has 100 valence electrons. The second-order valence-electron chi connectivity index (χ2n) is 3.61. The lowest BCUT2D eigenvalue weighted by molar-refractivity contribution is -0.115. The molecule has 0 bridgehead atoms. The van der Waals surface area contributed by atoms with Crippen LogP contribution in [0.25, 0.3) is 6.08 Å². The van der Waals surface area contributed by atoms with Gasteiger partial charge in [-0.25, -0.2) is 0 Å². The van der Waals surface area contributed by atoms with Crippen LogP contribution in [0.2, 0.25) is 0 Å². The van der Waals surface area contributed by atoms with Gasteiger partial charge in [0.05, 0.1) is 11.5 Å². The number of thioether (sulfide) groups is 1. The lowest BCUT2D eigenvalue weighted by atomic mass is 10.2. The molecule has 4 nitrogen and oxygen atoms in total. The Morgan fingerprint density at radius 1 is 1.53 bits per heavy atom. The first-order chi connectivity index (χ1) is 9.10. The van der Waals surface area contributed by atoms with Crippen LogP contribution in [-0.4, -0.2) is 28.5 Å². The quantitative estimate of drug-likeness (QED) is 0.638. The minimum Gasteiger partial charge on any atom is -0.491 e. The van der Waals surface area contributed by atoms with Crippen molar-refractivity contribution in [3.8, 4) is 5.75 Å². The van der Waals surface area contributed by atoms with Crippen LogP contribution in [0, 0.1) is 0 Å². The molecule has 2 rings (SSSR count). The predicted molar refractivity (Wildman–Crippen MR) is 83.0 cm³/mol. The molecule has 1 aromatic carbocycles. The molecule has 0 radical (unpaired) electrons.